The molecular weight excluding hydrogens is 508 g/mol. The van der Waals surface area contributed by atoms with Crippen LogP contribution in [-0.2, 0) is 0 Å². The minimum absolute atomic E-state index is 0.234. The molecule has 2 heteroatoms. The van der Waals surface area contributed by atoms with Crippen molar-refractivity contribution in [2.45, 2.75) is 0 Å². The molecule has 0 amide bonds. The van der Waals surface area contributed by atoms with E-state index < -0.39 is 0 Å². The van der Waals surface area contributed by atoms with Gasteiger partial charge in [-0.15, -0.1) is 0 Å². The van der Waals surface area contributed by atoms with E-state index in [1.54, 1.807) is 12.2 Å². The topological polar surface area (TPSA) is 47.7 Å². The van der Waals surface area contributed by atoms with Crippen LogP contribution in [0.3, 0.4) is 0 Å². The van der Waals surface area contributed by atoms with Crippen LogP contribution in [0.2, 0.25) is 0 Å². The smallest absolute Gasteiger partial charge is 0.0795 e. The third-order valence-electron chi connectivity index (χ3n) is 8.45. The van der Waals surface area contributed by atoms with Gasteiger partial charge in [0.2, 0.25) is 0 Å². The maximum Gasteiger partial charge on any atom is 0.0795 e. The minimum Gasteiger partial charge on any atom is -0.299 e. The first-order chi connectivity index (χ1) is 20.6. The predicted octanol–water partition coefficient (Wildman–Crippen LogP) is 10.6. The van der Waals surface area contributed by atoms with Gasteiger partial charge in [0.15, 0.2) is 0 Å². The molecule has 0 radical (unpaired) electrons. The number of benzene rings is 7. The molecule has 0 unspecified atom stereocenters. The fourth-order valence-corrected chi connectivity index (χ4v) is 6.39. The van der Waals surface area contributed by atoms with Crippen LogP contribution < -0.4 is 0 Å². The summed E-state index contributed by atoms with van der Waals surface area (Å²) in [5.74, 6) is 0. The SMILES string of the molecule is N=C1C=CC(c2ccc3c(-c4ccc5ccccc5c4)c4ccccc4c(-c4ccc5ccccc5c4)c3c2)=CC1=N. The second-order valence-corrected chi connectivity index (χ2v) is 10.9. The summed E-state index contributed by atoms with van der Waals surface area (Å²) >= 11 is 0. The monoisotopic (exact) mass is 534 g/mol. The van der Waals surface area contributed by atoms with Crippen LogP contribution in [0, 0.1) is 10.8 Å². The maximum atomic E-state index is 8.26. The van der Waals surface area contributed by atoms with E-state index in [0.29, 0.717) is 0 Å². The molecule has 0 fully saturated rings. The van der Waals surface area contributed by atoms with Gasteiger partial charge in [-0.1, -0.05) is 115 Å². The standard InChI is InChI=1S/C40H26N2/c41-37-20-18-30(24-38(37)42)29-17-19-35-36(23-29)40(32-16-14-26-8-2-4-10-28(26)22-32)34-12-6-5-11-33(34)39(35)31-15-13-25-7-1-3-9-27(25)21-31/h1-24,41-42H. The number of allylic oxidation sites excluding steroid dienone is 4. The van der Waals surface area contributed by atoms with E-state index in [-0.39, 0.29) is 11.4 Å². The minimum atomic E-state index is 0.234. The van der Waals surface area contributed by atoms with Crippen LogP contribution in [-0.4, -0.2) is 11.4 Å². The molecule has 0 heterocycles. The van der Waals surface area contributed by atoms with Gasteiger partial charge in [-0.2, -0.15) is 0 Å². The van der Waals surface area contributed by atoms with Crippen LogP contribution in [0.25, 0.3) is 70.9 Å². The normalized spacial score (nSPS) is 13.4. The molecule has 0 saturated carbocycles. The van der Waals surface area contributed by atoms with Crippen molar-refractivity contribution in [3.05, 3.63) is 151 Å². The van der Waals surface area contributed by atoms with Crippen molar-refractivity contribution in [2.75, 3.05) is 0 Å². The van der Waals surface area contributed by atoms with Gasteiger partial charge >= 0.3 is 0 Å². The first kappa shape index (κ1) is 24.2. The Balaban J connectivity index is 1.49. The molecule has 7 aromatic rings. The van der Waals surface area contributed by atoms with Gasteiger partial charge in [-0.3, -0.25) is 10.8 Å². The Labute approximate surface area is 243 Å². The van der Waals surface area contributed by atoms with E-state index in [2.05, 4.69) is 127 Å². The van der Waals surface area contributed by atoms with Crippen LogP contribution in [0.15, 0.2) is 146 Å². The Morgan fingerprint density at radius 3 is 1.45 bits per heavy atom. The number of rotatable bonds is 3. The second kappa shape index (κ2) is 9.50. The summed E-state index contributed by atoms with van der Waals surface area (Å²) in [6.45, 7) is 0. The van der Waals surface area contributed by atoms with E-state index >= 15 is 0 Å². The van der Waals surface area contributed by atoms with E-state index in [0.717, 1.165) is 11.1 Å². The molecule has 1 aliphatic carbocycles. The lowest BCUT2D eigenvalue weighted by Gasteiger charge is -2.20. The van der Waals surface area contributed by atoms with Gasteiger partial charge in [0.25, 0.3) is 0 Å². The highest BCUT2D eigenvalue weighted by molar-refractivity contribution is 6.50. The molecule has 196 valence electrons. The van der Waals surface area contributed by atoms with Crippen molar-refractivity contribution in [2.24, 2.45) is 0 Å². The summed E-state index contributed by atoms with van der Waals surface area (Å²) in [4.78, 5) is 0. The van der Waals surface area contributed by atoms with Crippen molar-refractivity contribution in [3.63, 3.8) is 0 Å². The van der Waals surface area contributed by atoms with E-state index in [1.807, 2.05) is 6.08 Å². The second-order valence-electron chi connectivity index (χ2n) is 10.9. The van der Waals surface area contributed by atoms with Gasteiger partial charge in [0.05, 0.1) is 11.4 Å². The molecule has 1 aliphatic rings. The fraction of sp³-hybridized carbons (Fsp3) is 0. The molecule has 2 N–H and O–H groups in total. The summed E-state index contributed by atoms with van der Waals surface area (Å²) in [6.07, 6.45) is 5.46. The summed E-state index contributed by atoms with van der Waals surface area (Å²) in [7, 11) is 0. The quantitative estimate of drug-likeness (QED) is 0.167. The fourth-order valence-electron chi connectivity index (χ4n) is 6.39. The molecule has 42 heavy (non-hydrogen) atoms. The maximum absolute atomic E-state index is 8.26. The van der Waals surface area contributed by atoms with Crippen LogP contribution in [0.5, 0.6) is 0 Å². The zero-order valence-corrected chi connectivity index (χ0v) is 22.9. The average molecular weight is 535 g/mol. The number of hydrogen-bond acceptors (Lipinski definition) is 2. The highest BCUT2D eigenvalue weighted by Crippen LogP contribution is 2.45. The lowest BCUT2D eigenvalue weighted by Crippen LogP contribution is -2.09. The number of hydrogen-bond donors (Lipinski definition) is 2. The summed E-state index contributed by atoms with van der Waals surface area (Å²) in [5.41, 5.74) is 7.27. The van der Waals surface area contributed by atoms with Crippen molar-refractivity contribution < 1.29 is 0 Å². The predicted molar refractivity (Wildman–Crippen MR) is 180 cm³/mol. The lowest BCUT2D eigenvalue weighted by atomic mass is 9.84. The number of nitrogens with one attached hydrogen (secondary N) is 2. The number of fused-ring (bicyclic) bond motifs is 4. The van der Waals surface area contributed by atoms with Crippen molar-refractivity contribution in [1.82, 2.24) is 0 Å². The highest BCUT2D eigenvalue weighted by Gasteiger charge is 2.19. The first-order valence-electron chi connectivity index (χ1n) is 14.2. The highest BCUT2D eigenvalue weighted by atomic mass is 14.5. The first-order valence-corrected chi connectivity index (χ1v) is 14.2. The van der Waals surface area contributed by atoms with Crippen molar-refractivity contribution in [1.29, 1.82) is 10.8 Å². The third kappa shape index (κ3) is 3.88. The van der Waals surface area contributed by atoms with E-state index in [1.165, 1.54) is 65.3 Å². The van der Waals surface area contributed by atoms with Gasteiger partial charge in [-0.05, 0) is 107 Å². The van der Waals surface area contributed by atoms with Crippen LogP contribution in [0.1, 0.15) is 5.56 Å². The van der Waals surface area contributed by atoms with Crippen LogP contribution >= 0.6 is 0 Å². The Morgan fingerprint density at radius 2 is 0.857 bits per heavy atom. The molecule has 0 atom stereocenters. The Kier molecular flexibility index (Phi) is 5.48. The molecule has 0 aliphatic heterocycles. The summed E-state index contributed by atoms with van der Waals surface area (Å²) in [5, 5.41) is 26.0. The zero-order chi connectivity index (χ0) is 28.2. The van der Waals surface area contributed by atoms with E-state index in [9.17, 15) is 0 Å². The van der Waals surface area contributed by atoms with Gasteiger partial charge < -0.3 is 0 Å². The Bertz CT molecular complexity index is 2340. The molecule has 2 nitrogen and oxygen atoms in total. The summed E-state index contributed by atoms with van der Waals surface area (Å²) in [6, 6.07) is 46.0. The van der Waals surface area contributed by atoms with Gasteiger partial charge in [0.1, 0.15) is 0 Å². The van der Waals surface area contributed by atoms with Gasteiger partial charge in [-0.25, -0.2) is 0 Å². The molecule has 0 aromatic heterocycles. The van der Waals surface area contributed by atoms with Crippen LogP contribution in [0.4, 0.5) is 0 Å². The summed E-state index contributed by atoms with van der Waals surface area (Å²) < 4.78 is 0. The Hall–Kier alpha value is -5.60. The molecule has 0 saturated heterocycles. The lowest BCUT2D eigenvalue weighted by molar-refractivity contribution is 1.49. The molecule has 7 aromatic carbocycles. The largest absolute Gasteiger partial charge is 0.299 e. The van der Waals surface area contributed by atoms with E-state index in [4.69, 9.17) is 10.8 Å². The molecule has 0 bridgehead atoms. The molecule has 0 spiro atoms. The van der Waals surface area contributed by atoms with Gasteiger partial charge in [0, 0.05) is 0 Å². The van der Waals surface area contributed by atoms with Crippen molar-refractivity contribution >= 4 is 60.1 Å². The molecular formula is C40H26N2. The van der Waals surface area contributed by atoms with Crippen molar-refractivity contribution in [3.8, 4) is 22.3 Å². The average Bonchev–Trinajstić information content (AvgIpc) is 3.04. The Morgan fingerprint density at radius 1 is 0.357 bits per heavy atom. The third-order valence-corrected chi connectivity index (χ3v) is 8.45. The zero-order valence-electron chi connectivity index (χ0n) is 22.9. The molecule has 8 rings (SSSR count).